The van der Waals surface area contributed by atoms with Gasteiger partial charge in [-0.15, -0.1) is 0 Å². The van der Waals surface area contributed by atoms with Gasteiger partial charge in [-0.3, -0.25) is 4.79 Å². The molecule has 0 saturated carbocycles. The number of hydrogen-bond donors (Lipinski definition) is 1. The Bertz CT molecular complexity index is 200. The van der Waals surface area contributed by atoms with E-state index in [4.69, 9.17) is 0 Å². The lowest BCUT2D eigenvalue weighted by atomic mass is 10.1. The van der Waals surface area contributed by atoms with E-state index < -0.39 is 0 Å². The topological polar surface area (TPSA) is 32.3 Å². The van der Waals surface area contributed by atoms with E-state index in [0.29, 0.717) is 24.3 Å². The Balaban J connectivity index is 2.36. The zero-order chi connectivity index (χ0) is 11.3. The molecule has 0 atom stereocenters. The first-order chi connectivity index (χ1) is 7.15. The average Bonchev–Trinajstić information content (AvgIpc) is 2.10. The Morgan fingerprint density at radius 2 is 2.13 bits per heavy atom. The zero-order valence-corrected chi connectivity index (χ0v) is 10.3. The van der Waals surface area contributed by atoms with Gasteiger partial charge in [0.25, 0.3) is 0 Å². The van der Waals surface area contributed by atoms with Crippen LogP contribution in [0, 0.1) is 5.92 Å². The maximum atomic E-state index is 12.0. The van der Waals surface area contributed by atoms with Crippen molar-refractivity contribution < 1.29 is 4.79 Å². The van der Waals surface area contributed by atoms with E-state index in [2.05, 4.69) is 31.0 Å². The Hall–Kier alpha value is -0.570. The van der Waals surface area contributed by atoms with Gasteiger partial charge < -0.3 is 10.2 Å². The highest BCUT2D eigenvalue weighted by Gasteiger charge is 2.27. The van der Waals surface area contributed by atoms with Gasteiger partial charge >= 0.3 is 0 Å². The molecular formula is C12H24N2O. The second-order valence-electron chi connectivity index (χ2n) is 4.83. The Kier molecular flexibility index (Phi) is 5.09. The highest BCUT2D eigenvalue weighted by Crippen LogP contribution is 2.11. The van der Waals surface area contributed by atoms with Crippen molar-refractivity contribution in [1.29, 1.82) is 0 Å². The van der Waals surface area contributed by atoms with Gasteiger partial charge in [0.05, 0.1) is 6.04 Å². The van der Waals surface area contributed by atoms with Gasteiger partial charge in [0.15, 0.2) is 0 Å². The third-order valence-corrected chi connectivity index (χ3v) is 2.92. The number of hydrogen-bond acceptors (Lipinski definition) is 2. The Morgan fingerprint density at radius 3 is 2.53 bits per heavy atom. The number of rotatable bonds is 6. The van der Waals surface area contributed by atoms with Gasteiger partial charge in [-0.25, -0.2) is 0 Å². The van der Waals surface area contributed by atoms with E-state index in [0.717, 1.165) is 32.5 Å². The van der Waals surface area contributed by atoms with Crippen LogP contribution in [0.25, 0.3) is 0 Å². The summed E-state index contributed by atoms with van der Waals surface area (Å²) in [5.41, 5.74) is 0. The van der Waals surface area contributed by atoms with Crippen molar-refractivity contribution in [3.05, 3.63) is 0 Å². The number of carbonyl (C=O) groups excluding carboxylic acids is 1. The molecule has 0 unspecified atom stereocenters. The molecule has 0 radical (unpaired) electrons. The summed E-state index contributed by atoms with van der Waals surface area (Å²) in [5, 5.41) is 3.23. The third kappa shape index (κ3) is 3.82. The largest absolute Gasteiger partial charge is 0.337 e. The summed E-state index contributed by atoms with van der Waals surface area (Å²) in [6.45, 7) is 9.35. The van der Waals surface area contributed by atoms with Gasteiger partial charge in [0, 0.05) is 26.1 Å². The summed E-state index contributed by atoms with van der Waals surface area (Å²) in [7, 11) is 0. The molecule has 1 aliphatic heterocycles. The molecule has 1 saturated heterocycles. The number of nitrogens with zero attached hydrogens (tertiary/aromatic N) is 1. The fraction of sp³-hybridized carbons (Fsp3) is 0.917. The van der Waals surface area contributed by atoms with Crippen molar-refractivity contribution in [2.45, 2.75) is 46.1 Å². The van der Waals surface area contributed by atoms with Crippen LogP contribution in [-0.4, -0.2) is 36.5 Å². The summed E-state index contributed by atoms with van der Waals surface area (Å²) >= 11 is 0. The van der Waals surface area contributed by atoms with E-state index in [-0.39, 0.29) is 0 Å². The van der Waals surface area contributed by atoms with E-state index in [1.165, 1.54) is 0 Å². The van der Waals surface area contributed by atoms with Crippen LogP contribution >= 0.6 is 0 Å². The maximum absolute atomic E-state index is 12.0. The molecule has 0 aromatic carbocycles. The first-order valence-corrected chi connectivity index (χ1v) is 6.15. The SMILES string of the molecule is CCCN(C(=O)CCC(C)C)C1CNC1. The predicted octanol–water partition coefficient (Wildman–Crippen LogP) is 1.63. The van der Waals surface area contributed by atoms with E-state index in [1.807, 2.05) is 0 Å². The fourth-order valence-corrected chi connectivity index (χ4v) is 1.80. The molecule has 0 aromatic rings. The normalized spacial score (nSPS) is 16.5. The van der Waals surface area contributed by atoms with Gasteiger partial charge in [-0.2, -0.15) is 0 Å². The van der Waals surface area contributed by atoms with E-state index in [1.54, 1.807) is 0 Å². The van der Waals surface area contributed by atoms with Crippen molar-refractivity contribution in [2.75, 3.05) is 19.6 Å². The van der Waals surface area contributed by atoms with Crippen LogP contribution in [0.4, 0.5) is 0 Å². The Morgan fingerprint density at radius 1 is 1.47 bits per heavy atom. The minimum Gasteiger partial charge on any atom is -0.337 e. The second kappa shape index (κ2) is 6.11. The van der Waals surface area contributed by atoms with Crippen LogP contribution < -0.4 is 5.32 Å². The molecule has 1 amide bonds. The summed E-state index contributed by atoms with van der Waals surface area (Å²) < 4.78 is 0. The van der Waals surface area contributed by atoms with Crippen molar-refractivity contribution >= 4 is 5.91 Å². The van der Waals surface area contributed by atoms with Crippen molar-refractivity contribution in [2.24, 2.45) is 5.92 Å². The smallest absolute Gasteiger partial charge is 0.222 e. The molecule has 3 nitrogen and oxygen atoms in total. The van der Waals surface area contributed by atoms with Crippen LogP contribution in [-0.2, 0) is 4.79 Å². The van der Waals surface area contributed by atoms with Crippen LogP contribution in [0.5, 0.6) is 0 Å². The van der Waals surface area contributed by atoms with Crippen LogP contribution in [0.1, 0.15) is 40.0 Å². The first-order valence-electron chi connectivity index (χ1n) is 6.15. The molecule has 0 aromatic heterocycles. The lowest BCUT2D eigenvalue weighted by molar-refractivity contribution is -0.134. The molecule has 1 heterocycles. The highest BCUT2D eigenvalue weighted by atomic mass is 16.2. The monoisotopic (exact) mass is 212 g/mol. The molecule has 1 fully saturated rings. The molecule has 15 heavy (non-hydrogen) atoms. The highest BCUT2D eigenvalue weighted by molar-refractivity contribution is 5.76. The van der Waals surface area contributed by atoms with Crippen LogP contribution in [0.2, 0.25) is 0 Å². The van der Waals surface area contributed by atoms with Gasteiger partial charge in [-0.05, 0) is 18.8 Å². The minimum absolute atomic E-state index is 0.344. The second-order valence-corrected chi connectivity index (χ2v) is 4.83. The fourth-order valence-electron chi connectivity index (χ4n) is 1.80. The summed E-state index contributed by atoms with van der Waals surface area (Å²) in [6, 6.07) is 0.463. The van der Waals surface area contributed by atoms with Crippen molar-refractivity contribution in [3.8, 4) is 0 Å². The molecule has 88 valence electrons. The maximum Gasteiger partial charge on any atom is 0.222 e. The predicted molar refractivity (Wildman–Crippen MR) is 62.7 cm³/mol. The molecule has 1 rings (SSSR count). The standard InChI is InChI=1S/C12H24N2O/c1-4-7-14(11-8-13-9-11)12(15)6-5-10(2)3/h10-11,13H,4-9H2,1-3H3. The van der Waals surface area contributed by atoms with E-state index in [9.17, 15) is 4.79 Å². The summed E-state index contributed by atoms with van der Waals surface area (Å²) in [4.78, 5) is 14.0. The Labute approximate surface area is 93.2 Å². The van der Waals surface area contributed by atoms with Gasteiger partial charge in [-0.1, -0.05) is 20.8 Å². The van der Waals surface area contributed by atoms with Gasteiger partial charge in [0.2, 0.25) is 5.91 Å². The summed E-state index contributed by atoms with van der Waals surface area (Å²) in [6.07, 6.45) is 2.79. The molecular weight excluding hydrogens is 188 g/mol. The molecule has 3 heteroatoms. The summed E-state index contributed by atoms with van der Waals surface area (Å²) in [5.74, 6) is 0.967. The van der Waals surface area contributed by atoms with Crippen LogP contribution in [0.3, 0.4) is 0 Å². The number of amides is 1. The third-order valence-electron chi connectivity index (χ3n) is 2.92. The van der Waals surface area contributed by atoms with E-state index >= 15 is 0 Å². The molecule has 0 spiro atoms. The van der Waals surface area contributed by atoms with Crippen LogP contribution in [0.15, 0.2) is 0 Å². The molecule has 1 N–H and O–H groups in total. The first kappa shape index (κ1) is 12.5. The molecule has 0 aliphatic carbocycles. The molecule has 1 aliphatic rings. The zero-order valence-electron chi connectivity index (χ0n) is 10.3. The number of carbonyl (C=O) groups is 1. The quantitative estimate of drug-likeness (QED) is 0.726. The number of nitrogens with one attached hydrogen (secondary N) is 1. The van der Waals surface area contributed by atoms with Gasteiger partial charge in [0.1, 0.15) is 0 Å². The average molecular weight is 212 g/mol. The molecule has 0 bridgehead atoms. The van der Waals surface area contributed by atoms with Crippen molar-refractivity contribution in [3.63, 3.8) is 0 Å². The van der Waals surface area contributed by atoms with Crippen molar-refractivity contribution in [1.82, 2.24) is 10.2 Å². The lowest BCUT2D eigenvalue weighted by Crippen LogP contribution is -2.59. The minimum atomic E-state index is 0.344. The lowest BCUT2D eigenvalue weighted by Gasteiger charge is -2.38.